The molecule has 1 atom stereocenters. The summed E-state index contributed by atoms with van der Waals surface area (Å²) in [6.07, 6.45) is 1.76. The third-order valence-corrected chi connectivity index (χ3v) is 3.72. The lowest BCUT2D eigenvalue weighted by molar-refractivity contribution is -0.00491. The normalized spacial score (nSPS) is 20.2. The monoisotopic (exact) mass is 272 g/mol. The van der Waals surface area contributed by atoms with Crippen LogP contribution >= 0.6 is 0 Å². The van der Waals surface area contributed by atoms with E-state index in [1.165, 1.54) is 5.56 Å². The molecule has 4 nitrogen and oxygen atoms in total. The highest BCUT2D eigenvalue weighted by molar-refractivity contribution is 5.53. The molecule has 0 saturated carbocycles. The topological polar surface area (TPSA) is 38.5 Å². The van der Waals surface area contributed by atoms with Crippen LogP contribution in [-0.2, 0) is 11.3 Å². The van der Waals surface area contributed by atoms with Gasteiger partial charge in [-0.15, -0.1) is 0 Å². The summed E-state index contributed by atoms with van der Waals surface area (Å²) in [7, 11) is 0. The number of hydrogen-bond donors (Lipinski definition) is 0. The number of benzene rings is 1. The van der Waals surface area contributed by atoms with Gasteiger partial charge < -0.3 is 9.15 Å². The molecule has 1 aliphatic heterocycles. The third kappa shape index (κ3) is 2.92. The first-order valence-corrected chi connectivity index (χ1v) is 7.05. The van der Waals surface area contributed by atoms with Crippen LogP contribution in [0.15, 0.2) is 34.9 Å². The predicted octanol–water partition coefficient (Wildman–Crippen LogP) is 2.87. The van der Waals surface area contributed by atoms with Gasteiger partial charge in [-0.3, -0.25) is 4.90 Å². The van der Waals surface area contributed by atoms with E-state index in [0.717, 1.165) is 37.6 Å². The second-order valence-corrected chi connectivity index (χ2v) is 5.40. The van der Waals surface area contributed by atoms with Gasteiger partial charge in [0.05, 0.1) is 18.9 Å². The van der Waals surface area contributed by atoms with Crippen molar-refractivity contribution in [3.63, 3.8) is 0 Å². The second-order valence-electron chi connectivity index (χ2n) is 5.40. The largest absolute Gasteiger partial charge is 0.444 e. The highest BCUT2D eigenvalue weighted by Crippen LogP contribution is 2.20. The van der Waals surface area contributed by atoms with E-state index in [9.17, 15) is 0 Å². The predicted molar refractivity (Wildman–Crippen MR) is 77.4 cm³/mol. The maximum absolute atomic E-state index is 5.60. The van der Waals surface area contributed by atoms with E-state index in [2.05, 4.69) is 35.9 Å². The molecule has 1 aromatic carbocycles. The van der Waals surface area contributed by atoms with Gasteiger partial charge >= 0.3 is 0 Å². The van der Waals surface area contributed by atoms with Crippen LogP contribution in [0.4, 0.5) is 0 Å². The maximum atomic E-state index is 5.60. The van der Waals surface area contributed by atoms with Crippen LogP contribution in [0.25, 0.3) is 11.5 Å². The van der Waals surface area contributed by atoms with Crippen LogP contribution < -0.4 is 0 Å². The van der Waals surface area contributed by atoms with E-state index in [1.807, 2.05) is 12.1 Å². The summed E-state index contributed by atoms with van der Waals surface area (Å²) < 4.78 is 11.0. The molecule has 2 heterocycles. The Morgan fingerprint density at radius 2 is 2.10 bits per heavy atom. The van der Waals surface area contributed by atoms with Gasteiger partial charge in [0.15, 0.2) is 0 Å². The van der Waals surface area contributed by atoms with Crippen molar-refractivity contribution in [2.24, 2.45) is 0 Å². The first-order valence-electron chi connectivity index (χ1n) is 7.05. The third-order valence-electron chi connectivity index (χ3n) is 3.72. The number of hydrogen-bond acceptors (Lipinski definition) is 4. The summed E-state index contributed by atoms with van der Waals surface area (Å²) >= 11 is 0. The Morgan fingerprint density at radius 3 is 2.85 bits per heavy atom. The van der Waals surface area contributed by atoms with Gasteiger partial charge in [0, 0.05) is 24.7 Å². The van der Waals surface area contributed by atoms with Crippen molar-refractivity contribution in [1.29, 1.82) is 0 Å². The lowest BCUT2D eigenvalue weighted by Crippen LogP contribution is -2.42. The smallest absolute Gasteiger partial charge is 0.226 e. The Balaban J connectivity index is 1.71. The Bertz CT molecular complexity index is 562. The first kappa shape index (κ1) is 13.3. The summed E-state index contributed by atoms with van der Waals surface area (Å²) in [4.78, 5) is 6.96. The molecular weight excluding hydrogens is 252 g/mol. The fourth-order valence-electron chi connectivity index (χ4n) is 2.41. The lowest BCUT2D eigenvalue weighted by atomic mass is 10.1. The highest BCUT2D eigenvalue weighted by Gasteiger charge is 2.20. The molecule has 106 valence electrons. The molecule has 0 spiro atoms. The number of aromatic nitrogens is 1. The summed E-state index contributed by atoms with van der Waals surface area (Å²) in [5.74, 6) is 0.695. The number of ether oxygens (including phenoxy) is 1. The minimum absolute atomic E-state index is 0.434. The lowest BCUT2D eigenvalue weighted by Gasteiger charge is -2.32. The van der Waals surface area contributed by atoms with E-state index in [-0.39, 0.29) is 0 Å². The molecule has 1 aromatic heterocycles. The Hall–Kier alpha value is -1.65. The minimum Gasteiger partial charge on any atom is -0.444 e. The van der Waals surface area contributed by atoms with Gasteiger partial charge in [0.1, 0.15) is 6.26 Å². The molecule has 2 aromatic rings. The quantitative estimate of drug-likeness (QED) is 0.861. The molecule has 0 unspecified atom stereocenters. The standard InChI is InChI=1S/C16H20N2O2/c1-12-3-5-14(6-4-12)16-17-15(11-20-16)9-18-7-8-19-10-13(18)2/h3-6,11,13H,7-10H2,1-2H3/t13-/m1/s1. The number of oxazole rings is 1. The highest BCUT2D eigenvalue weighted by atomic mass is 16.5. The molecule has 1 saturated heterocycles. The van der Waals surface area contributed by atoms with Crippen molar-refractivity contribution in [1.82, 2.24) is 9.88 Å². The second kappa shape index (κ2) is 5.77. The van der Waals surface area contributed by atoms with Gasteiger partial charge in [-0.2, -0.15) is 0 Å². The van der Waals surface area contributed by atoms with Crippen LogP contribution in [0.5, 0.6) is 0 Å². The molecule has 0 amide bonds. The fourth-order valence-corrected chi connectivity index (χ4v) is 2.41. The minimum atomic E-state index is 0.434. The van der Waals surface area contributed by atoms with Gasteiger partial charge in [-0.1, -0.05) is 17.7 Å². The summed E-state index contributed by atoms with van der Waals surface area (Å²) in [5, 5.41) is 0. The number of nitrogens with zero attached hydrogens (tertiary/aromatic N) is 2. The van der Waals surface area contributed by atoms with E-state index in [4.69, 9.17) is 9.15 Å². The van der Waals surface area contributed by atoms with Crippen LogP contribution in [0.2, 0.25) is 0 Å². The molecule has 20 heavy (non-hydrogen) atoms. The van der Waals surface area contributed by atoms with Crippen LogP contribution in [-0.4, -0.2) is 35.7 Å². The van der Waals surface area contributed by atoms with Crippen LogP contribution in [0.1, 0.15) is 18.2 Å². The number of morpholine rings is 1. The first-order chi connectivity index (χ1) is 9.72. The molecule has 1 aliphatic rings. The Morgan fingerprint density at radius 1 is 1.30 bits per heavy atom. The van der Waals surface area contributed by atoms with Gasteiger partial charge in [0.2, 0.25) is 5.89 Å². The van der Waals surface area contributed by atoms with Crippen molar-refractivity contribution in [2.45, 2.75) is 26.4 Å². The average Bonchev–Trinajstić information content (AvgIpc) is 2.91. The van der Waals surface area contributed by atoms with Crippen LogP contribution in [0, 0.1) is 6.92 Å². The van der Waals surface area contributed by atoms with E-state index in [1.54, 1.807) is 6.26 Å². The average molecular weight is 272 g/mol. The molecule has 4 heteroatoms. The molecule has 1 fully saturated rings. The summed E-state index contributed by atoms with van der Waals surface area (Å²) in [5.41, 5.74) is 3.24. The van der Waals surface area contributed by atoms with Crippen molar-refractivity contribution < 1.29 is 9.15 Å². The molecular formula is C16H20N2O2. The SMILES string of the molecule is Cc1ccc(-c2nc(CN3CCOC[C@H]3C)co2)cc1. The zero-order chi connectivity index (χ0) is 13.9. The molecule has 0 bridgehead atoms. The fraction of sp³-hybridized carbons (Fsp3) is 0.438. The van der Waals surface area contributed by atoms with Crippen molar-refractivity contribution in [3.8, 4) is 11.5 Å². The van der Waals surface area contributed by atoms with Crippen molar-refractivity contribution in [2.75, 3.05) is 19.8 Å². The zero-order valence-corrected chi connectivity index (χ0v) is 12.0. The summed E-state index contributed by atoms with van der Waals surface area (Å²) in [6, 6.07) is 8.67. The van der Waals surface area contributed by atoms with Crippen molar-refractivity contribution >= 4 is 0 Å². The molecule has 0 aliphatic carbocycles. The molecule has 0 radical (unpaired) electrons. The Labute approximate surface area is 119 Å². The van der Waals surface area contributed by atoms with E-state index >= 15 is 0 Å². The Kier molecular flexibility index (Phi) is 3.85. The van der Waals surface area contributed by atoms with E-state index < -0.39 is 0 Å². The number of rotatable bonds is 3. The molecule has 3 rings (SSSR count). The summed E-state index contributed by atoms with van der Waals surface area (Å²) in [6.45, 7) is 7.62. The zero-order valence-electron chi connectivity index (χ0n) is 12.0. The van der Waals surface area contributed by atoms with Gasteiger partial charge in [0.25, 0.3) is 0 Å². The van der Waals surface area contributed by atoms with E-state index in [0.29, 0.717) is 11.9 Å². The van der Waals surface area contributed by atoms with Crippen molar-refractivity contribution in [3.05, 3.63) is 41.8 Å². The van der Waals surface area contributed by atoms with Crippen LogP contribution in [0.3, 0.4) is 0 Å². The van der Waals surface area contributed by atoms with Gasteiger partial charge in [-0.05, 0) is 26.0 Å². The number of aryl methyl sites for hydroxylation is 1. The molecule has 0 N–H and O–H groups in total. The van der Waals surface area contributed by atoms with Gasteiger partial charge in [-0.25, -0.2) is 4.98 Å². The maximum Gasteiger partial charge on any atom is 0.226 e.